The summed E-state index contributed by atoms with van der Waals surface area (Å²) < 4.78 is 13.2. The van der Waals surface area contributed by atoms with Crippen LogP contribution in [-0.2, 0) is 0 Å². The smallest absolute Gasteiger partial charge is 0.254 e. The number of fused-ring (bicyclic) bond motifs is 2. The van der Waals surface area contributed by atoms with E-state index in [1.165, 1.54) is 5.56 Å². The van der Waals surface area contributed by atoms with Crippen molar-refractivity contribution in [2.24, 2.45) is 0 Å². The van der Waals surface area contributed by atoms with Gasteiger partial charge in [-0.25, -0.2) is 4.39 Å². The van der Waals surface area contributed by atoms with Crippen molar-refractivity contribution in [2.45, 2.75) is 50.6 Å². The maximum atomic E-state index is 13.2. The fraction of sp³-hybridized carbons (Fsp3) is 0.381. The molecule has 2 aromatic rings. The highest BCUT2D eigenvalue weighted by atomic mass is 19.1. The minimum absolute atomic E-state index is 0.179. The van der Waals surface area contributed by atoms with Crippen molar-refractivity contribution in [3.05, 3.63) is 71.0 Å². The number of rotatable bonds is 2. The van der Waals surface area contributed by atoms with Crippen LogP contribution in [0.15, 0.2) is 48.5 Å². The zero-order valence-electron chi connectivity index (χ0n) is 13.9. The molecule has 0 spiro atoms. The van der Waals surface area contributed by atoms with Crippen molar-refractivity contribution < 1.29 is 9.18 Å². The van der Waals surface area contributed by atoms with Crippen molar-refractivity contribution in [3.8, 4) is 0 Å². The Balaban J connectivity index is 1.56. The summed E-state index contributed by atoms with van der Waals surface area (Å²) >= 11 is 0. The lowest BCUT2D eigenvalue weighted by Crippen LogP contribution is -2.46. The highest BCUT2D eigenvalue weighted by Gasteiger charge is 2.43. The lowest BCUT2D eigenvalue weighted by atomic mass is 9.84. The van der Waals surface area contributed by atoms with Gasteiger partial charge in [-0.3, -0.25) is 4.79 Å². The summed E-state index contributed by atoms with van der Waals surface area (Å²) in [6, 6.07) is 15.4. The van der Waals surface area contributed by atoms with Crippen molar-refractivity contribution in [3.63, 3.8) is 0 Å². The minimum atomic E-state index is -0.186. The van der Waals surface area contributed by atoms with E-state index in [-0.39, 0.29) is 11.7 Å². The molecular formula is C21H22FNO. The van der Waals surface area contributed by atoms with E-state index in [4.69, 9.17) is 0 Å². The second-order valence-corrected chi connectivity index (χ2v) is 7.13. The van der Waals surface area contributed by atoms with Crippen molar-refractivity contribution >= 4 is 5.91 Å². The molecule has 0 radical (unpaired) electrons. The third-order valence-electron chi connectivity index (χ3n) is 5.68. The number of piperidine rings is 1. The molecule has 2 fully saturated rings. The van der Waals surface area contributed by atoms with Crippen LogP contribution in [0, 0.1) is 12.7 Å². The first kappa shape index (κ1) is 15.4. The summed E-state index contributed by atoms with van der Waals surface area (Å²) in [4.78, 5) is 15.2. The molecule has 0 aromatic heterocycles. The number of aryl methyl sites for hydroxylation is 1. The summed E-state index contributed by atoms with van der Waals surface area (Å²) in [5, 5.41) is 0. The van der Waals surface area contributed by atoms with Gasteiger partial charge >= 0.3 is 0 Å². The molecule has 124 valence electrons. The summed E-state index contributed by atoms with van der Waals surface area (Å²) in [6.45, 7) is 2.00. The summed E-state index contributed by atoms with van der Waals surface area (Å²) in [5.74, 6) is 0.427. The van der Waals surface area contributed by atoms with Crippen LogP contribution in [0.5, 0.6) is 0 Å². The number of benzene rings is 2. The number of nitrogens with zero attached hydrogens (tertiary/aromatic N) is 1. The van der Waals surface area contributed by atoms with Gasteiger partial charge in [0.1, 0.15) is 5.82 Å². The van der Waals surface area contributed by atoms with Gasteiger partial charge in [0.25, 0.3) is 5.91 Å². The molecule has 2 aromatic carbocycles. The van der Waals surface area contributed by atoms with Crippen molar-refractivity contribution in [1.82, 2.24) is 4.90 Å². The lowest BCUT2D eigenvalue weighted by Gasteiger charge is -2.39. The van der Waals surface area contributed by atoms with E-state index in [2.05, 4.69) is 4.90 Å². The number of hydrogen-bond acceptors (Lipinski definition) is 1. The zero-order valence-corrected chi connectivity index (χ0v) is 13.9. The van der Waals surface area contributed by atoms with Gasteiger partial charge in [0, 0.05) is 17.6 Å². The van der Waals surface area contributed by atoms with E-state index in [1.807, 2.05) is 43.3 Å². The maximum Gasteiger partial charge on any atom is 0.254 e. The molecule has 2 heterocycles. The molecule has 2 nitrogen and oxygen atoms in total. The van der Waals surface area contributed by atoms with Gasteiger partial charge in [-0.15, -0.1) is 0 Å². The molecule has 3 heteroatoms. The first-order chi connectivity index (χ1) is 11.6. The van der Waals surface area contributed by atoms with Crippen molar-refractivity contribution in [1.29, 1.82) is 0 Å². The minimum Gasteiger partial charge on any atom is -0.333 e. The van der Waals surface area contributed by atoms with Crippen LogP contribution >= 0.6 is 0 Å². The topological polar surface area (TPSA) is 20.3 Å². The van der Waals surface area contributed by atoms with Gasteiger partial charge in [-0.1, -0.05) is 30.3 Å². The Kier molecular flexibility index (Phi) is 3.87. The van der Waals surface area contributed by atoms with Gasteiger partial charge in [0.05, 0.1) is 0 Å². The van der Waals surface area contributed by atoms with E-state index in [0.717, 1.165) is 36.8 Å². The molecule has 4 rings (SSSR count). The second-order valence-electron chi connectivity index (χ2n) is 7.13. The van der Waals surface area contributed by atoms with Crippen LogP contribution in [0.25, 0.3) is 0 Å². The Morgan fingerprint density at radius 1 is 1.00 bits per heavy atom. The number of carbonyl (C=O) groups is 1. The van der Waals surface area contributed by atoms with Gasteiger partial charge in [-0.05, 0) is 67.9 Å². The predicted octanol–water partition coefficient (Wildman–Crippen LogP) is 4.68. The Labute approximate surface area is 142 Å². The lowest BCUT2D eigenvalue weighted by molar-refractivity contribution is 0.0571. The van der Waals surface area contributed by atoms with Crippen molar-refractivity contribution in [2.75, 3.05) is 0 Å². The summed E-state index contributed by atoms with van der Waals surface area (Å²) in [6.07, 6.45) is 4.14. The fourth-order valence-corrected chi connectivity index (χ4v) is 4.47. The molecule has 1 unspecified atom stereocenters. The number of halogens is 1. The van der Waals surface area contributed by atoms with Crippen LogP contribution in [0.4, 0.5) is 4.39 Å². The van der Waals surface area contributed by atoms with Gasteiger partial charge in [0.2, 0.25) is 0 Å². The van der Waals surface area contributed by atoms with Gasteiger partial charge in [-0.2, -0.15) is 0 Å². The average Bonchev–Trinajstić information content (AvgIpc) is 2.85. The Bertz CT molecular complexity index is 741. The fourth-order valence-electron chi connectivity index (χ4n) is 4.47. The summed E-state index contributed by atoms with van der Waals surface area (Å²) in [7, 11) is 0. The zero-order chi connectivity index (χ0) is 16.7. The van der Waals surface area contributed by atoms with Crippen LogP contribution < -0.4 is 0 Å². The molecule has 0 saturated carbocycles. The molecule has 2 aliphatic rings. The molecule has 2 bridgehead atoms. The SMILES string of the molecule is Cc1ccccc1C(=O)N1[C@@H]2CC[C@H]1CC(c1ccc(F)cc1)C2. The van der Waals surface area contributed by atoms with Crippen LogP contribution in [0.3, 0.4) is 0 Å². The van der Waals surface area contributed by atoms with E-state index in [1.54, 1.807) is 12.1 Å². The largest absolute Gasteiger partial charge is 0.333 e. The number of carbonyl (C=O) groups excluding carboxylic acids is 1. The van der Waals surface area contributed by atoms with Crippen LogP contribution in [0.2, 0.25) is 0 Å². The van der Waals surface area contributed by atoms with Crippen LogP contribution in [0.1, 0.15) is 53.1 Å². The molecule has 0 N–H and O–H groups in total. The Hall–Kier alpha value is -2.16. The maximum absolute atomic E-state index is 13.2. The van der Waals surface area contributed by atoms with E-state index in [9.17, 15) is 9.18 Å². The molecule has 1 amide bonds. The van der Waals surface area contributed by atoms with E-state index in [0.29, 0.717) is 18.0 Å². The van der Waals surface area contributed by atoms with Crippen LogP contribution in [-0.4, -0.2) is 22.9 Å². The molecular weight excluding hydrogens is 301 g/mol. The highest BCUT2D eigenvalue weighted by Crippen LogP contribution is 2.43. The van der Waals surface area contributed by atoms with E-state index < -0.39 is 0 Å². The first-order valence-corrected chi connectivity index (χ1v) is 8.77. The molecule has 24 heavy (non-hydrogen) atoms. The molecule has 2 saturated heterocycles. The monoisotopic (exact) mass is 323 g/mol. The standard InChI is InChI=1S/C21H22FNO/c1-14-4-2-3-5-20(14)21(24)23-18-10-11-19(23)13-16(12-18)15-6-8-17(22)9-7-15/h2-9,16,18-19H,10-13H2,1H3/t16?,18-,19+. The highest BCUT2D eigenvalue weighted by molar-refractivity contribution is 5.96. The Morgan fingerprint density at radius 2 is 1.62 bits per heavy atom. The predicted molar refractivity (Wildman–Crippen MR) is 92.5 cm³/mol. The average molecular weight is 323 g/mol. The Morgan fingerprint density at radius 3 is 2.25 bits per heavy atom. The number of amides is 1. The first-order valence-electron chi connectivity index (χ1n) is 8.77. The van der Waals surface area contributed by atoms with Gasteiger partial charge in [0.15, 0.2) is 0 Å². The second kappa shape index (κ2) is 6.04. The normalized spacial score (nSPS) is 25.8. The third-order valence-corrected chi connectivity index (χ3v) is 5.68. The van der Waals surface area contributed by atoms with Gasteiger partial charge < -0.3 is 4.90 Å². The number of hydrogen-bond donors (Lipinski definition) is 0. The quantitative estimate of drug-likeness (QED) is 0.785. The molecule has 0 aliphatic carbocycles. The molecule has 2 aliphatic heterocycles. The molecule has 3 atom stereocenters. The third kappa shape index (κ3) is 2.62. The summed E-state index contributed by atoms with van der Waals surface area (Å²) in [5.41, 5.74) is 3.08. The van der Waals surface area contributed by atoms with E-state index >= 15 is 0 Å².